The normalized spacial score (nSPS) is 19.5. The van der Waals surface area contributed by atoms with E-state index in [0.29, 0.717) is 19.5 Å². The molecule has 0 aromatic heterocycles. The standard InChI is InChI=1S/C18H26N2O3/c1-18(2,3)23-17(22)20-12-8-11-19(4)16(21)15(20)13-14-9-6-5-7-10-14/h5-7,9-10,15H,8,11-13H2,1-4H3. The van der Waals surface area contributed by atoms with Crippen molar-refractivity contribution in [2.45, 2.75) is 45.3 Å². The molecule has 0 radical (unpaired) electrons. The largest absolute Gasteiger partial charge is 0.444 e. The molecule has 126 valence electrons. The van der Waals surface area contributed by atoms with Crippen LogP contribution >= 0.6 is 0 Å². The van der Waals surface area contributed by atoms with E-state index in [4.69, 9.17) is 4.74 Å². The van der Waals surface area contributed by atoms with Crippen molar-refractivity contribution >= 4 is 12.0 Å². The molecule has 0 aliphatic carbocycles. The maximum Gasteiger partial charge on any atom is 0.410 e. The Morgan fingerprint density at radius 1 is 1.22 bits per heavy atom. The summed E-state index contributed by atoms with van der Waals surface area (Å²) in [6.45, 7) is 6.69. The molecule has 0 N–H and O–H groups in total. The van der Waals surface area contributed by atoms with Crippen LogP contribution < -0.4 is 0 Å². The summed E-state index contributed by atoms with van der Waals surface area (Å²) in [5.74, 6) is -0.0304. The molecule has 0 spiro atoms. The number of hydrogen-bond acceptors (Lipinski definition) is 3. The van der Waals surface area contributed by atoms with Crippen LogP contribution in [-0.4, -0.2) is 53.6 Å². The van der Waals surface area contributed by atoms with Crippen LogP contribution in [0.1, 0.15) is 32.8 Å². The quantitative estimate of drug-likeness (QED) is 0.842. The van der Waals surface area contributed by atoms with Crippen LogP contribution in [0.15, 0.2) is 30.3 Å². The molecule has 5 heteroatoms. The van der Waals surface area contributed by atoms with Crippen LogP contribution in [0.3, 0.4) is 0 Å². The fourth-order valence-corrected chi connectivity index (χ4v) is 2.71. The molecule has 1 atom stereocenters. The first-order valence-electron chi connectivity index (χ1n) is 8.06. The van der Waals surface area contributed by atoms with E-state index < -0.39 is 17.7 Å². The fraction of sp³-hybridized carbons (Fsp3) is 0.556. The van der Waals surface area contributed by atoms with Gasteiger partial charge >= 0.3 is 6.09 Å². The average molecular weight is 318 g/mol. The second-order valence-corrected chi connectivity index (χ2v) is 6.99. The molecule has 1 fully saturated rings. The lowest BCUT2D eigenvalue weighted by molar-refractivity contribution is -0.134. The van der Waals surface area contributed by atoms with E-state index in [1.807, 2.05) is 51.1 Å². The van der Waals surface area contributed by atoms with Crippen LogP contribution in [0.2, 0.25) is 0 Å². The van der Waals surface area contributed by atoms with Gasteiger partial charge in [-0.3, -0.25) is 9.69 Å². The third kappa shape index (κ3) is 4.71. The van der Waals surface area contributed by atoms with Gasteiger partial charge in [0.2, 0.25) is 5.91 Å². The van der Waals surface area contributed by atoms with Crippen molar-refractivity contribution in [2.24, 2.45) is 0 Å². The van der Waals surface area contributed by atoms with Gasteiger partial charge in [0.25, 0.3) is 0 Å². The summed E-state index contributed by atoms with van der Waals surface area (Å²) < 4.78 is 5.50. The summed E-state index contributed by atoms with van der Waals surface area (Å²) in [4.78, 5) is 28.6. The number of hydrogen-bond donors (Lipinski definition) is 0. The zero-order valence-electron chi connectivity index (χ0n) is 14.4. The van der Waals surface area contributed by atoms with Crippen molar-refractivity contribution in [1.29, 1.82) is 0 Å². The van der Waals surface area contributed by atoms with E-state index in [9.17, 15) is 9.59 Å². The lowest BCUT2D eigenvalue weighted by Crippen LogP contribution is -2.50. The van der Waals surface area contributed by atoms with Crippen LogP contribution in [0.4, 0.5) is 4.79 Å². The van der Waals surface area contributed by atoms with E-state index in [0.717, 1.165) is 12.0 Å². The highest BCUT2D eigenvalue weighted by Crippen LogP contribution is 2.19. The Hall–Kier alpha value is -2.04. The summed E-state index contributed by atoms with van der Waals surface area (Å²) in [5.41, 5.74) is 0.463. The number of rotatable bonds is 2. The Bertz CT molecular complexity index is 551. The van der Waals surface area contributed by atoms with Gasteiger partial charge in [0.05, 0.1) is 0 Å². The molecule has 5 nitrogen and oxygen atoms in total. The Kier molecular flexibility index (Phi) is 5.29. The van der Waals surface area contributed by atoms with Gasteiger partial charge in [0.1, 0.15) is 11.6 Å². The number of nitrogens with zero attached hydrogens (tertiary/aromatic N) is 2. The summed E-state index contributed by atoms with van der Waals surface area (Å²) in [6, 6.07) is 9.27. The molecular formula is C18H26N2O3. The van der Waals surface area contributed by atoms with Gasteiger partial charge in [-0.05, 0) is 32.8 Å². The smallest absolute Gasteiger partial charge is 0.410 e. The molecule has 1 aromatic rings. The predicted octanol–water partition coefficient (Wildman–Crippen LogP) is 2.70. The molecule has 1 aliphatic heterocycles. The Morgan fingerprint density at radius 2 is 1.87 bits per heavy atom. The maximum absolute atomic E-state index is 12.7. The SMILES string of the molecule is CN1CCCN(C(=O)OC(C)(C)C)C(Cc2ccccc2)C1=O. The summed E-state index contributed by atoms with van der Waals surface area (Å²) in [5, 5.41) is 0. The molecule has 2 rings (SSSR count). The minimum Gasteiger partial charge on any atom is -0.444 e. The second-order valence-electron chi connectivity index (χ2n) is 6.99. The minimum absolute atomic E-state index is 0.0304. The second kappa shape index (κ2) is 7.02. The molecule has 2 amide bonds. The predicted molar refractivity (Wildman–Crippen MR) is 89.1 cm³/mol. The molecule has 1 unspecified atom stereocenters. The summed E-state index contributed by atoms with van der Waals surface area (Å²) in [6.07, 6.45) is 0.845. The molecular weight excluding hydrogens is 292 g/mol. The van der Waals surface area contributed by atoms with Gasteiger partial charge in [-0.1, -0.05) is 30.3 Å². The zero-order chi connectivity index (χ0) is 17.0. The van der Waals surface area contributed by atoms with Crippen LogP contribution in [0.5, 0.6) is 0 Å². The Balaban J connectivity index is 2.24. The number of amides is 2. The van der Waals surface area contributed by atoms with E-state index in [1.54, 1.807) is 16.8 Å². The van der Waals surface area contributed by atoms with Crippen LogP contribution in [-0.2, 0) is 16.0 Å². The van der Waals surface area contributed by atoms with Gasteiger partial charge in [0, 0.05) is 26.6 Å². The third-order valence-electron chi connectivity index (χ3n) is 3.83. The number of likely N-dealkylation sites (N-methyl/N-ethyl adjacent to an activating group) is 1. The first-order valence-corrected chi connectivity index (χ1v) is 8.06. The lowest BCUT2D eigenvalue weighted by Gasteiger charge is -2.32. The highest BCUT2D eigenvalue weighted by molar-refractivity contribution is 5.86. The Morgan fingerprint density at radius 3 is 2.48 bits per heavy atom. The molecule has 1 aliphatic rings. The average Bonchev–Trinajstić information content (AvgIpc) is 2.60. The monoisotopic (exact) mass is 318 g/mol. The maximum atomic E-state index is 12.7. The molecule has 0 bridgehead atoms. The fourth-order valence-electron chi connectivity index (χ4n) is 2.71. The molecule has 1 heterocycles. The highest BCUT2D eigenvalue weighted by atomic mass is 16.6. The lowest BCUT2D eigenvalue weighted by atomic mass is 10.0. The zero-order valence-corrected chi connectivity index (χ0v) is 14.4. The topological polar surface area (TPSA) is 49.9 Å². The van der Waals surface area contributed by atoms with E-state index >= 15 is 0 Å². The van der Waals surface area contributed by atoms with Crippen molar-refractivity contribution in [2.75, 3.05) is 20.1 Å². The number of carbonyl (C=O) groups excluding carboxylic acids is 2. The number of ether oxygens (including phenoxy) is 1. The van der Waals surface area contributed by atoms with Gasteiger partial charge < -0.3 is 9.64 Å². The van der Waals surface area contributed by atoms with Crippen molar-refractivity contribution < 1.29 is 14.3 Å². The summed E-state index contributed by atoms with van der Waals surface area (Å²) >= 11 is 0. The van der Waals surface area contributed by atoms with Crippen molar-refractivity contribution in [3.05, 3.63) is 35.9 Å². The van der Waals surface area contributed by atoms with Crippen LogP contribution in [0.25, 0.3) is 0 Å². The van der Waals surface area contributed by atoms with Gasteiger partial charge in [-0.2, -0.15) is 0 Å². The first-order chi connectivity index (χ1) is 10.8. The van der Waals surface area contributed by atoms with E-state index in [-0.39, 0.29) is 5.91 Å². The Labute approximate surface area is 138 Å². The van der Waals surface area contributed by atoms with Crippen molar-refractivity contribution in [3.8, 4) is 0 Å². The third-order valence-corrected chi connectivity index (χ3v) is 3.83. The van der Waals surface area contributed by atoms with Crippen molar-refractivity contribution in [3.63, 3.8) is 0 Å². The molecule has 1 saturated heterocycles. The van der Waals surface area contributed by atoms with Crippen molar-refractivity contribution in [1.82, 2.24) is 9.80 Å². The van der Waals surface area contributed by atoms with Gasteiger partial charge in [0.15, 0.2) is 0 Å². The first kappa shape index (κ1) is 17.3. The minimum atomic E-state index is -0.574. The van der Waals surface area contributed by atoms with E-state index in [1.165, 1.54) is 0 Å². The van der Waals surface area contributed by atoms with Gasteiger partial charge in [-0.15, -0.1) is 0 Å². The highest BCUT2D eigenvalue weighted by Gasteiger charge is 2.36. The van der Waals surface area contributed by atoms with Crippen LogP contribution in [0, 0.1) is 0 Å². The number of carbonyl (C=O) groups is 2. The van der Waals surface area contributed by atoms with E-state index in [2.05, 4.69) is 0 Å². The molecule has 23 heavy (non-hydrogen) atoms. The molecule has 1 aromatic carbocycles. The van der Waals surface area contributed by atoms with Gasteiger partial charge in [-0.25, -0.2) is 4.79 Å². The number of benzene rings is 1. The molecule has 0 saturated carbocycles. The summed E-state index contributed by atoms with van der Waals surface area (Å²) in [7, 11) is 1.79.